The van der Waals surface area contributed by atoms with Crippen molar-refractivity contribution < 1.29 is 23.9 Å². The van der Waals surface area contributed by atoms with Crippen LogP contribution in [0.5, 0.6) is 0 Å². The Balaban J connectivity index is 1.71. The maximum atomic E-state index is 13.3. The van der Waals surface area contributed by atoms with Gasteiger partial charge in [-0.2, -0.15) is 0 Å². The predicted molar refractivity (Wildman–Crippen MR) is 152 cm³/mol. The minimum Gasteiger partial charge on any atom is -0.444 e. The summed E-state index contributed by atoms with van der Waals surface area (Å²) in [6.45, 7) is 7.95. The number of aromatic amines is 2. The van der Waals surface area contributed by atoms with Gasteiger partial charge in [0.15, 0.2) is 0 Å². The van der Waals surface area contributed by atoms with E-state index >= 15 is 0 Å². The van der Waals surface area contributed by atoms with Gasteiger partial charge < -0.3 is 26.0 Å². The van der Waals surface area contributed by atoms with Crippen LogP contribution in [0.2, 0.25) is 0 Å². The number of H-pyrrole nitrogens is 2. The van der Waals surface area contributed by atoms with E-state index in [2.05, 4.69) is 31.5 Å². The van der Waals surface area contributed by atoms with E-state index in [1.807, 2.05) is 6.07 Å². The summed E-state index contributed by atoms with van der Waals surface area (Å²) < 4.78 is 5.14. The Morgan fingerprint density at radius 3 is 2.00 bits per heavy atom. The third-order valence-electron chi connectivity index (χ3n) is 5.86. The van der Waals surface area contributed by atoms with Crippen LogP contribution in [0.4, 0.5) is 10.5 Å². The first-order chi connectivity index (χ1) is 19.2. The average molecular weight is 567 g/mol. The third kappa shape index (κ3) is 8.78. The largest absolute Gasteiger partial charge is 0.444 e. The number of hydrogen-bond acceptors (Lipinski definition) is 7. The second-order valence-electron chi connectivity index (χ2n) is 10.5. The molecule has 3 rings (SSSR count). The molecule has 4 amide bonds. The second-order valence-corrected chi connectivity index (χ2v) is 10.5. The van der Waals surface area contributed by atoms with Crippen molar-refractivity contribution in [1.29, 1.82) is 0 Å². The van der Waals surface area contributed by atoms with Gasteiger partial charge in [-0.05, 0) is 58.4 Å². The number of amides is 4. The highest BCUT2D eigenvalue weighted by Crippen LogP contribution is 2.14. The van der Waals surface area contributed by atoms with E-state index in [9.17, 15) is 28.8 Å². The smallest absolute Gasteiger partial charge is 0.408 e. The molecule has 3 atom stereocenters. The minimum atomic E-state index is -1.06. The monoisotopic (exact) mass is 566 g/mol. The Morgan fingerprint density at radius 2 is 1.37 bits per heavy atom. The number of carbonyl (C=O) groups is 4. The van der Waals surface area contributed by atoms with Gasteiger partial charge >= 0.3 is 6.09 Å². The molecule has 0 saturated heterocycles. The normalized spacial score (nSPS) is 13.4. The maximum absolute atomic E-state index is 13.3. The van der Waals surface area contributed by atoms with Crippen LogP contribution in [0.25, 0.3) is 10.8 Å². The lowest BCUT2D eigenvalue weighted by molar-refractivity contribution is -0.131. The van der Waals surface area contributed by atoms with Crippen LogP contribution in [0.1, 0.15) is 40.2 Å². The maximum Gasteiger partial charge on any atom is 0.408 e. The fourth-order valence-corrected chi connectivity index (χ4v) is 3.80. The van der Waals surface area contributed by atoms with Gasteiger partial charge in [-0.25, -0.2) is 4.79 Å². The molecule has 0 aliphatic rings. The Morgan fingerprint density at radius 1 is 0.780 bits per heavy atom. The van der Waals surface area contributed by atoms with Crippen molar-refractivity contribution in [2.45, 2.75) is 64.8 Å². The molecule has 0 aliphatic carbocycles. The fourth-order valence-electron chi connectivity index (χ4n) is 3.80. The Labute approximate surface area is 235 Å². The number of carbonyl (C=O) groups excluding carboxylic acids is 4. The molecule has 0 radical (unpaired) electrons. The van der Waals surface area contributed by atoms with Crippen molar-refractivity contribution in [3.63, 3.8) is 0 Å². The van der Waals surface area contributed by atoms with Crippen molar-refractivity contribution in [3.8, 4) is 0 Å². The van der Waals surface area contributed by atoms with Crippen LogP contribution in [0.15, 0.2) is 58.1 Å². The highest BCUT2D eigenvalue weighted by atomic mass is 16.6. The molecule has 41 heavy (non-hydrogen) atoms. The van der Waals surface area contributed by atoms with Gasteiger partial charge in [-0.15, -0.1) is 0 Å². The lowest BCUT2D eigenvalue weighted by atomic mass is 10.0. The first-order valence-corrected chi connectivity index (χ1v) is 12.9. The zero-order valence-electron chi connectivity index (χ0n) is 23.4. The van der Waals surface area contributed by atoms with Crippen LogP contribution >= 0.6 is 0 Å². The van der Waals surface area contributed by atoms with Crippen LogP contribution in [0, 0.1) is 0 Å². The number of ether oxygens (including phenoxy) is 1. The number of rotatable bonds is 9. The van der Waals surface area contributed by atoms with Gasteiger partial charge in [-0.1, -0.05) is 30.3 Å². The molecule has 13 nitrogen and oxygen atoms in total. The molecule has 3 aromatic rings. The van der Waals surface area contributed by atoms with Crippen LogP contribution in [-0.4, -0.2) is 57.7 Å². The van der Waals surface area contributed by atoms with E-state index in [1.54, 1.807) is 45.0 Å². The molecular formula is C28H34N6O7. The number of nitrogens with one attached hydrogen (secondary N) is 6. The molecule has 0 unspecified atom stereocenters. The van der Waals surface area contributed by atoms with E-state index < -0.39 is 58.7 Å². The number of alkyl carbamates (subject to hydrolysis) is 1. The molecule has 13 heteroatoms. The molecule has 1 aromatic heterocycles. The van der Waals surface area contributed by atoms with Crippen molar-refractivity contribution in [3.05, 3.63) is 74.8 Å². The molecule has 0 aliphatic heterocycles. The summed E-state index contributed by atoms with van der Waals surface area (Å²) in [5, 5.41) is 15.0. The van der Waals surface area contributed by atoms with Crippen molar-refractivity contribution in [2.24, 2.45) is 0 Å². The summed E-state index contributed by atoms with van der Waals surface area (Å²) in [4.78, 5) is 75.0. The highest BCUT2D eigenvalue weighted by Gasteiger charge is 2.27. The quantitative estimate of drug-likeness (QED) is 0.225. The lowest BCUT2D eigenvalue weighted by Gasteiger charge is -2.24. The zero-order chi connectivity index (χ0) is 30.3. The summed E-state index contributed by atoms with van der Waals surface area (Å²) in [6.07, 6.45) is -0.652. The highest BCUT2D eigenvalue weighted by molar-refractivity contribution is 6.00. The molecule has 2 aromatic carbocycles. The van der Waals surface area contributed by atoms with E-state index in [1.165, 1.54) is 32.0 Å². The van der Waals surface area contributed by atoms with Crippen LogP contribution in [-0.2, 0) is 25.5 Å². The number of fused-ring (bicyclic) bond motifs is 1. The first-order valence-electron chi connectivity index (χ1n) is 12.9. The second kappa shape index (κ2) is 12.9. The SMILES string of the molecule is C[C@H](NC(=O)OC(C)(C)C)C(=O)N[C@@H](C)C(=O)N[C@@H](Cc1ccccc1)C(=O)Nc1ccc2c(=O)[nH][nH]c(=O)c2c1. The molecule has 0 spiro atoms. The number of aromatic nitrogens is 2. The molecule has 0 fully saturated rings. The predicted octanol–water partition coefficient (Wildman–Crippen LogP) is 1.30. The van der Waals surface area contributed by atoms with Gasteiger partial charge in [0.1, 0.15) is 23.7 Å². The number of hydrogen-bond donors (Lipinski definition) is 6. The third-order valence-corrected chi connectivity index (χ3v) is 5.86. The summed E-state index contributed by atoms with van der Waals surface area (Å²) in [5.41, 5.74) is -0.763. The molecule has 218 valence electrons. The van der Waals surface area contributed by atoms with E-state index in [4.69, 9.17) is 4.74 Å². The summed E-state index contributed by atoms with van der Waals surface area (Å²) in [7, 11) is 0. The van der Waals surface area contributed by atoms with Crippen molar-refractivity contribution in [2.75, 3.05) is 5.32 Å². The summed E-state index contributed by atoms with van der Waals surface area (Å²) >= 11 is 0. The van der Waals surface area contributed by atoms with E-state index in [0.29, 0.717) is 0 Å². The van der Waals surface area contributed by atoms with Gasteiger partial charge in [0.05, 0.1) is 10.8 Å². The summed E-state index contributed by atoms with van der Waals surface area (Å²) in [5.74, 6) is -1.85. The molecule has 0 saturated carbocycles. The van der Waals surface area contributed by atoms with Crippen LogP contribution < -0.4 is 32.4 Å². The minimum absolute atomic E-state index is 0.0839. The summed E-state index contributed by atoms with van der Waals surface area (Å²) in [6, 6.07) is 10.1. The lowest BCUT2D eigenvalue weighted by Crippen LogP contribution is -2.55. The topological polar surface area (TPSA) is 191 Å². The van der Waals surface area contributed by atoms with Gasteiger partial charge in [0.25, 0.3) is 11.1 Å². The number of benzene rings is 2. The first kappa shape index (κ1) is 30.6. The van der Waals surface area contributed by atoms with Gasteiger partial charge in [-0.3, -0.25) is 34.2 Å². The van der Waals surface area contributed by atoms with Gasteiger partial charge in [0, 0.05) is 12.1 Å². The molecule has 0 bridgehead atoms. The standard InChI is InChI=1S/C28H34N6O7/c1-15(29-22(35)16(2)30-27(40)41-28(3,4)5)23(36)32-21(13-17-9-7-6-8-10-17)26(39)31-18-11-12-19-20(14-18)25(38)34-33-24(19)37/h6-12,14-16,21H,13H2,1-5H3,(H,29,35)(H,30,40)(H,31,39)(H,32,36)(H,33,37)(H,34,38)/t15-,16-,21-/m0/s1. The van der Waals surface area contributed by atoms with E-state index in [-0.39, 0.29) is 22.9 Å². The Bertz CT molecular complexity index is 1540. The molecule has 1 heterocycles. The number of anilines is 1. The van der Waals surface area contributed by atoms with Crippen molar-refractivity contribution >= 4 is 40.3 Å². The van der Waals surface area contributed by atoms with Gasteiger partial charge in [0.2, 0.25) is 17.7 Å². The molecular weight excluding hydrogens is 532 g/mol. The van der Waals surface area contributed by atoms with E-state index in [0.717, 1.165) is 5.56 Å². The van der Waals surface area contributed by atoms with Crippen LogP contribution in [0.3, 0.4) is 0 Å². The Kier molecular flexibility index (Phi) is 9.66. The van der Waals surface area contributed by atoms with Crippen molar-refractivity contribution in [1.82, 2.24) is 26.1 Å². The Hall–Kier alpha value is -4.94. The zero-order valence-corrected chi connectivity index (χ0v) is 23.4. The fraction of sp³-hybridized carbons (Fsp3) is 0.357. The average Bonchev–Trinajstić information content (AvgIpc) is 2.89. The molecule has 6 N–H and O–H groups in total.